The molecule has 0 aromatic carbocycles. The first kappa shape index (κ1) is 17.0. The molecule has 114 valence electrons. The van der Waals surface area contributed by atoms with Crippen molar-refractivity contribution in [3.8, 4) is 0 Å². The molecule has 1 unspecified atom stereocenters. The molecule has 1 atom stereocenters. The van der Waals surface area contributed by atoms with Crippen LogP contribution in [0.15, 0.2) is 0 Å². The summed E-state index contributed by atoms with van der Waals surface area (Å²) in [5.41, 5.74) is 1.09. The molecule has 1 saturated heterocycles. The second-order valence-corrected chi connectivity index (χ2v) is 8.76. The van der Waals surface area contributed by atoms with Crippen molar-refractivity contribution in [1.82, 2.24) is 5.32 Å². The van der Waals surface area contributed by atoms with Crippen LogP contribution in [-0.4, -0.2) is 13.1 Å². The van der Waals surface area contributed by atoms with Gasteiger partial charge in [0, 0.05) is 0 Å². The van der Waals surface area contributed by atoms with Gasteiger partial charge in [-0.3, -0.25) is 0 Å². The summed E-state index contributed by atoms with van der Waals surface area (Å²) in [6.45, 7) is 16.6. The zero-order valence-electron chi connectivity index (χ0n) is 14.3. The molecule has 2 rings (SSSR count). The van der Waals surface area contributed by atoms with Gasteiger partial charge in [0.05, 0.1) is 0 Å². The van der Waals surface area contributed by atoms with Crippen molar-refractivity contribution in [2.45, 2.75) is 80.1 Å². The van der Waals surface area contributed by atoms with E-state index < -0.39 is 0 Å². The Hall–Kier alpha value is -0.0400. The lowest BCUT2D eigenvalue weighted by atomic mass is 9.72. The molecule has 2 fully saturated rings. The van der Waals surface area contributed by atoms with E-state index in [1.54, 1.807) is 0 Å². The van der Waals surface area contributed by atoms with Gasteiger partial charge in [-0.15, -0.1) is 0 Å². The highest BCUT2D eigenvalue weighted by Crippen LogP contribution is 2.37. The van der Waals surface area contributed by atoms with E-state index in [9.17, 15) is 0 Å². The van der Waals surface area contributed by atoms with Crippen molar-refractivity contribution in [1.29, 1.82) is 0 Å². The second-order valence-electron chi connectivity index (χ2n) is 8.76. The highest BCUT2D eigenvalue weighted by molar-refractivity contribution is 4.81. The predicted octanol–water partition coefficient (Wildman–Crippen LogP) is 5.25. The molecule has 0 bridgehead atoms. The lowest BCUT2D eigenvalue weighted by molar-refractivity contribution is 0.180. The Bertz CT molecular complexity index is 231. The van der Waals surface area contributed by atoms with E-state index in [-0.39, 0.29) is 0 Å². The van der Waals surface area contributed by atoms with Crippen molar-refractivity contribution in [2.24, 2.45) is 22.7 Å². The van der Waals surface area contributed by atoms with Crippen LogP contribution in [0.2, 0.25) is 0 Å². The molecule has 0 radical (unpaired) electrons. The largest absolute Gasteiger partial charge is 0.316 e. The van der Waals surface area contributed by atoms with Gasteiger partial charge < -0.3 is 5.32 Å². The minimum absolute atomic E-state index is 0.517. The van der Waals surface area contributed by atoms with Crippen molar-refractivity contribution in [3.63, 3.8) is 0 Å². The molecule has 1 nitrogen and oxygen atoms in total. The molecule has 1 heteroatoms. The Labute approximate surface area is 121 Å². The molecule has 0 amide bonds. The Morgan fingerprint density at radius 3 is 1.47 bits per heavy atom. The van der Waals surface area contributed by atoms with E-state index in [1.807, 2.05) is 0 Å². The minimum atomic E-state index is 0.517. The summed E-state index contributed by atoms with van der Waals surface area (Å²) < 4.78 is 0. The zero-order chi connectivity index (χ0) is 14.5. The first-order valence-electron chi connectivity index (χ1n) is 8.42. The van der Waals surface area contributed by atoms with Crippen LogP contribution in [0.3, 0.4) is 0 Å². The lowest BCUT2D eigenvalue weighted by Gasteiger charge is -2.33. The fourth-order valence-electron chi connectivity index (χ4n) is 3.36. The fraction of sp³-hybridized carbons (Fsp3) is 1.00. The van der Waals surface area contributed by atoms with E-state index >= 15 is 0 Å². The van der Waals surface area contributed by atoms with E-state index in [1.165, 1.54) is 51.6 Å². The molecular formula is C18H37N. The molecule has 0 aromatic heterocycles. The van der Waals surface area contributed by atoms with Crippen LogP contribution in [0, 0.1) is 22.7 Å². The molecule has 0 spiro atoms. The smallest absolute Gasteiger partial charge is 0.00150 e. The Kier molecular flexibility index (Phi) is 6.36. The maximum absolute atomic E-state index is 3.38. The molecule has 1 saturated carbocycles. The van der Waals surface area contributed by atoms with Crippen LogP contribution in [0.5, 0.6) is 0 Å². The van der Waals surface area contributed by atoms with Crippen molar-refractivity contribution in [3.05, 3.63) is 0 Å². The van der Waals surface area contributed by atoms with Crippen molar-refractivity contribution in [2.75, 3.05) is 13.1 Å². The Balaban J connectivity index is 0.000000191. The van der Waals surface area contributed by atoms with Gasteiger partial charge >= 0.3 is 0 Å². The zero-order valence-corrected chi connectivity index (χ0v) is 14.3. The molecule has 19 heavy (non-hydrogen) atoms. The van der Waals surface area contributed by atoms with Crippen LogP contribution < -0.4 is 5.32 Å². The van der Waals surface area contributed by atoms with Gasteiger partial charge in [-0.2, -0.15) is 0 Å². The Morgan fingerprint density at radius 1 is 0.684 bits per heavy atom. The standard InChI is InChI=1S/C10H20.C8H17N/c1-10(2,3)9-7-5-4-6-8-9;1-8(2,3)7-4-5-9-6-7/h9H,4-8H2,1-3H3;7,9H,4-6H2,1-3H3. The van der Waals surface area contributed by atoms with E-state index in [2.05, 4.69) is 46.9 Å². The molecule has 1 N–H and O–H groups in total. The quantitative estimate of drug-likeness (QED) is 0.631. The van der Waals surface area contributed by atoms with Gasteiger partial charge in [-0.25, -0.2) is 0 Å². The number of hydrogen-bond donors (Lipinski definition) is 1. The SMILES string of the molecule is CC(C)(C)C1CCCCC1.CC(C)(C)C1CCNC1. The van der Waals surface area contributed by atoms with Crippen molar-refractivity contribution >= 4 is 0 Å². The summed E-state index contributed by atoms with van der Waals surface area (Å²) in [6, 6.07) is 0. The summed E-state index contributed by atoms with van der Waals surface area (Å²) in [7, 11) is 0. The van der Waals surface area contributed by atoms with Crippen LogP contribution in [0.25, 0.3) is 0 Å². The summed E-state index contributed by atoms with van der Waals surface area (Å²) >= 11 is 0. The summed E-state index contributed by atoms with van der Waals surface area (Å²) in [6.07, 6.45) is 8.74. The highest BCUT2D eigenvalue weighted by atomic mass is 14.9. The van der Waals surface area contributed by atoms with E-state index in [0.29, 0.717) is 10.8 Å². The van der Waals surface area contributed by atoms with E-state index in [4.69, 9.17) is 0 Å². The third-order valence-electron chi connectivity index (χ3n) is 5.11. The van der Waals surface area contributed by atoms with Gasteiger partial charge in [-0.05, 0) is 55.0 Å². The van der Waals surface area contributed by atoms with Crippen molar-refractivity contribution < 1.29 is 0 Å². The van der Waals surface area contributed by atoms with Crippen LogP contribution >= 0.6 is 0 Å². The number of rotatable bonds is 0. The minimum Gasteiger partial charge on any atom is -0.316 e. The normalized spacial score (nSPS) is 25.9. The van der Waals surface area contributed by atoms with Gasteiger partial charge in [0.25, 0.3) is 0 Å². The Morgan fingerprint density at radius 2 is 1.21 bits per heavy atom. The summed E-state index contributed by atoms with van der Waals surface area (Å²) in [4.78, 5) is 0. The molecule has 1 aliphatic heterocycles. The molecule has 1 heterocycles. The van der Waals surface area contributed by atoms with Gasteiger partial charge in [0.1, 0.15) is 0 Å². The summed E-state index contributed by atoms with van der Waals surface area (Å²) in [5.74, 6) is 1.90. The third-order valence-corrected chi connectivity index (χ3v) is 5.11. The maximum Gasteiger partial charge on any atom is -0.00150 e. The van der Waals surface area contributed by atoms with Gasteiger partial charge in [0.2, 0.25) is 0 Å². The lowest BCUT2D eigenvalue weighted by Crippen LogP contribution is -2.22. The number of nitrogens with one attached hydrogen (secondary N) is 1. The molecule has 0 aromatic rings. The monoisotopic (exact) mass is 267 g/mol. The maximum atomic E-state index is 3.38. The highest BCUT2D eigenvalue weighted by Gasteiger charge is 2.27. The van der Waals surface area contributed by atoms with Gasteiger partial charge in [-0.1, -0.05) is 60.8 Å². The molecular weight excluding hydrogens is 230 g/mol. The van der Waals surface area contributed by atoms with Crippen LogP contribution in [-0.2, 0) is 0 Å². The van der Waals surface area contributed by atoms with Crippen LogP contribution in [0.4, 0.5) is 0 Å². The molecule has 1 aliphatic carbocycles. The molecule has 2 aliphatic rings. The average Bonchev–Trinajstić information content (AvgIpc) is 2.83. The van der Waals surface area contributed by atoms with E-state index in [0.717, 1.165) is 11.8 Å². The predicted molar refractivity (Wildman–Crippen MR) is 86.5 cm³/mol. The second kappa shape index (κ2) is 7.11. The average molecular weight is 268 g/mol. The first-order valence-corrected chi connectivity index (χ1v) is 8.42. The third kappa shape index (κ3) is 6.29. The van der Waals surface area contributed by atoms with Crippen LogP contribution in [0.1, 0.15) is 80.1 Å². The number of hydrogen-bond acceptors (Lipinski definition) is 1. The van der Waals surface area contributed by atoms with Gasteiger partial charge in [0.15, 0.2) is 0 Å². The first-order chi connectivity index (χ1) is 8.71. The fourth-order valence-corrected chi connectivity index (χ4v) is 3.36. The summed E-state index contributed by atoms with van der Waals surface area (Å²) in [5, 5.41) is 3.38. The topological polar surface area (TPSA) is 12.0 Å².